The van der Waals surface area contributed by atoms with Gasteiger partial charge in [0.2, 0.25) is 0 Å². The lowest BCUT2D eigenvalue weighted by atomic mass is 9.89. The van der Waals surface area contributed by atoms with Gasteiger partial charge in [-0.25, -0.2) is 4.39 Å². The van der Waals surface area contributed by atoms with Crippen molar-refractivity contribution in [2.75, 3.05) is 26.8 Å². The van der Waals surface area contributed by atoms with Gasteiger partial charge in [-0.05, 0) is 54.6 Å². The maximum Gasteiger partial charge on any atom is 0.165 e. The van der Waals surface area contributed by atoms with Crippen LogP contribution in [0.15, 0.2) is 42.5 Å². The SMILES string of the molecule is CCN(Cc1ccc(OC)c(F)c1)C[C@H](O)CO[C@@H]1CCCc2ccccc21. The van der Waals surface area contributed by atoms with Gasteiger partial charge in [-0.1, -0.05) is 37.3 Å². The molecule has 0 saturated heterocycles. The predicted molar refractivity (Wildman–Crippen MR) is 108 cm³/mol. The molecule has 3 rings (SSSR count). The molecular formula is C23H30FNO3. The highest BCUT2D eigenvalue weighted by Crippen LogP contribution is 2.32. The maximum absolute atomic E-state index is 13.9. The second-order valence-electron chi connectivity index (χ2n) is 7.36. The van der Waals surface area contributed by atoms with Crippen LogP contribution >= 0.6 is 0 Å². The third-order valence-electron chi connectivity index (χ3n) is 5.34. The van der Waals surface area contributed by atoms with E-state index in [1.807, 2.05) is 19.1 Å². The van der Waals surface area contributed by atoms with Crippen LogP contribution < -0.4 is 4.74 Å². The van der Waals surface area contributed by atoms with Crippen molar-refractivity contribution in [1.29, 1.82) is 0 Å². The number of rotatable bonds is 9. The van der Waals surface area contributed by atoms with Crippen molar-refractivity contribution < 1.29 is 19.0 Å². The Kier molecular flexibility index (Phi) is 7.43. The Bertz CT molecular complexity index is 767. The highest BCUT2D eigenvalue weighted by Gasteiger charge is 2.22. The molecule has 1 N–H and O–H groups in total. The summed E-state index contributed by atoms with van der Waals surface area (Å²) in [5.41, 5.74) is 3.46. The van der Waals surface area contributed by atoms with Gasteiger partial charge in [0, 0.05) is 13.1 Å². The van der Waals surface area contributed by atoms with Gasteiger partial charge in [0.25, 0.3) is 0 Å². The Balaban J connectivity index is 1.52. The second kappa shape index (κ2) is 10.0. The minimum atomic E-state index is -0.586. The molecule has 2 aromatic carbocycles. The van der Waals surface area contributed by atoms with Gasteiger partial charge in [0.1, 0.15) is 0 Å². The molecule has 0 aliphatic heterocycles. The monoisotopic (exact) mass is 387 g/mol. The smallest absolute Gasteiger partial charge is 0.165 e. The number of aliphatic hydroxyl groups excluding tert-OH is 1. The topological polar surface area (TPSA) is 41.9 Å². The first-order valence-corrected chi connectivity index (χ1v) is 10.0. The average molecular weight is 387 g/mol. The second-order valence-corrected chi connectivity index (χ2v) is 7.36. The third-order valence-corrected chi connectivity index (χ3v) is 5.34. The Labute approximate surface area is 166 Å². The summed E-state index contributed by atoms with van der Waals surface area (Å²) in [6, 6.07) is 13.4. The number of methoxy groups -OCH3 is 1. The first-order valence-electron chi connectivity index (χ1n) is 10.0. The number of nitrogens with zero attached hydrogens (tertiary/aromatic N) is 1. The van der Waals surface area contributed by atoms with Crippen molar-refractivity contribution >= 4 is 0 Å². The van der Waals surface area contributed by atoms with E-state index < -0.39 is 6.10 Å². The van der Waals surface area contributed by atoms with Gasteiger partial charge in [0.05, 0.1) is 25.9 Å². The van der Waals surface area contributed by atoms with E-state index in [4.69, 9.17) is 9.47 Å². The molecule has 4 nitrogen and oxygen atoms in total. The van der Waals surface area contributed by atoms with E-state index >= 15 is 0 Å². The molecule has 0 bridgehead atoms. The van der Waals surface area contributed by atoms with E-state index in [0.29, 0.717) is 19.7 Å². The van der Waals surface area contributed by atoms with Crippen molar-refractivity contribution in [3.05, 3.63) is 65.0 Å². The molecule has 0 saturated carbocycles. The molecule has 152 valence electrons. The van der Waals surface area contributed by atoms with Gasteiger partial charge in [0.15, 0.2) is 11.6 Å². The van der Waals surface area contributed by atoms with Crippen LogP contribution in [0.2, 0.25) is 0 Å². The van der Waals surface area contributed by atoms with Gasteiger partial charge < -0.3 is 14.6 Å². The van der Waals surface area contributed by atoms with E-state index in [9.17, 15) is 9.50 Å². The van der Waals surface area contributed by atoms with Crippen molar-refractivity contribution in [1.82, 2.24) is 4.90 Å². The number of aliphatic hydroxyl groups is 1. The first-order chi connectivity index (χ1) is 13.6. The summed E-state index contributed by atoms with van der Waals surface area (Å²) in [5.74, 6) is -0.121. The number of hydrogen-bond acceptors (Lipinski definition) is 4. The first kappa shape index (κ1) is 20.8. The van der Waals surface area contributed by atoms with Gasteiger partial charge >= 0.3 is 0 Å². The van der Waals surface area contributed by atoms with Crippen molar-refractivity contribution in [3.63, 3.8) is 0 Å². The fraction of sp³-hybridized carbons (Fsp3) is 0.478. The number of ether oxygens (including phenoxy) is 2. The average Bonchev–Trinajstić information content (AvgIpc) is 2.72. The number of fused-ring (bicyclic) bond motifs is 1. The molecule has 1 aliphatic carbocycles. The summed E-state index contributed by atoms with van der Waals surface area (Å²) in [6.07, 6.45) is 2.68. The molecule has 0 radical (unpaired) electrons. The molecule has 0 fully saturated rings. The highest BCUT2D eigenvalue weighted by molar-refractivity contribution is 5.31. The highest BCUT2D eigenvalue weighted by atomic mass is 19.1. The lowest BCUT2D eigenvalue weighted by molar-refractivity contribution is -0.0284. The number of benzene rings is 2. The van der Waals surface area contributed by atoms with E-state index in [1.54, 1.807) is 6.07 Å². The van der Waals surface area contributed by atoms with Crippen LogP contribution in [0.1, 0.15) is 42.6 Å². The van der Waals surface area contributed by atoms with Crippen molar-refractivity contribution in [2.24, 2.45) is 0 Å². The quantitative estimate of drug-likeness (QED) is 0.703. The Morgan fingerprint density at radius 1 is 1.25 bits per heavy atom. The van der Waals surface area contributed by atoms with Crippen LogP contribution in [0.3, 0.4) is 0 Å². The molecule has 0 amide bonds. The summed E-state index contributed by atoms with van der Waals surface area (Å²) in [4.78, 5) is 2.09. The summed E-state index contributed by atoms with van der Waals surface area (Å²) < 4.78 is 24.9. The molecular weight excluding hydrogens is 357 g/mol. The van der Waals surface area contributed by atoms with Crippen molar-refractivity contribution in [2.45, 2.75) is 44.9 Å². The third kappa shape index (κ3) is 5.31. The normalized spacial score (nSPS) is 17.4. The Hall–Kier alpha value is -1.95. The minimum absolute atomic E-state index is 0.0605. The number of halogens is 1. The maximum atomic E-state index is 13.9. The van der Waals surface area contributed by atoms with Gasteiger partial charge in [-0.3, -0.25) is 4.90 Å². The summed E-state index contributed by atoms with van der Waals surface area (Å²) in [7, 11) is 1.46. The molecule has 1 aliphatic rings. The molecule has 0 aromatic heterocycles. The lowest BCUT2D eigenvalue weighted by Crippen LogP contribution is -2.35. The van der Waals surface area contributed by atoms with Gasteiger partial charge in [-0.15, -0.1) is 0 Å². The molecule has 2 aromatic rings. The van der Waals surface area contributed by atoms with Crippen LogP contribution in [0.25, 0.3) is 0 Å². The van der Waals surface area contributed by atoms with Crippen LogP contribution in [0, 0.1) is 5.82 Å². The molecule has 0 spiro atoms. The van der Waals surface area contributed by atoms with Gasteiger partial charge in [-0.2, -0.15) is 0 Å². The predicted octanol–water partition coefficient (Wildman–Crippen LogP) is 4.11. The summed E-state index contributed by atoms with van der Waals surface area (Å²) >= 11 is 0. The number of aryl methyl sites for hydroxylation is 1. The van der Waals surface area contributed by atoms with E-state index in [-0.39, 0.29) is 17.7 Å². The van der Waals surface area contributed by atoms with Crippen LogP contribution in [-0.2, 0) is 17.7 Å². The largest absolute Gasteiger partial charge is 0.494 e. The van der Waals surface area contributed by atoms with Crippen molar-refractivity contribution in [3.8, 4) is 5.75 Å². The zero-order valence-corrected chi connectivity index (χ0v) is 16.7. The zero-order chi connectivity index (χ0) is 19.9. The lowest BCUT2D eigenvalue weighted by Gasteiger charge is -2.28. The van der Waals surface area contributed by atoms with E-state index in [1.165, 1.54) is 24.3 Å². The van der Waals surface area contributed by atoms with Crippen LogP contribution in [0.4, 0.5) is 4.39 Å². The summed E-state index contributed by atoms with van der Waals surface area (Å²) in [5, 5.41) is 10.5. The number of likely N-dealkylation sites (N-methyl/N-ethyl adjacent to an activating group) is 1. The fourth-order valence-corrected chi connectivity index (χ4v) is 3.83. The van der Waals surface area contributed by atoms with E-state index in [0.717, 1.165) is 31.4 Å². The van der Waals surface area contributed by atoms with Crippen LogP contribution in [0.5, 0.6) is 5.75 Å². The minimum Gasteiger partial charge on any atom is -0.494 e. The fourth-order valence-electron chi connectivity index (χ4n) is 3.83. The standard InChI is InChI=1S/C23H30FNO3/c1-3-25(14-17-11-12-23(27-2)21(24)13-17)15-19(26)16-28-22-10-6-8-18-7-4-5-9-20(18)22/h4-5,7,9,11-13,19,22,26H,3,6,8,10,14-16H2,1-2H3/t19-,22+/m0/s1. The zero-order valence-electron chi connectivity index (χ0n) is 16.7. The number of hydrogen-bond donors (Lipinski definition) is 1. The molecule has 0 unspecified atom stereocenters. The Morgan fingerprint density at radius 2 is 2.07 bits per heavy atom. The van der Waals surface area contributed by atoms with E-state index in [2.05, 4.69) is 23.1 Å². The summed E-state index contributed by atoms with van der Waals surface area (Å²) in [6.45, 7) is 4.15. The Morgan fingerprint density at radius 3 is 2.82 bits per heavy atom. The molecule has 5 heteroatoms. The molecule has 28 heavy (non-hydrogen) atoms. The molecule has 0 heterocycles. The van der Waals surface area contributed by atoms with Crippen LogP contribution in [-0.4, -0.2) is 42.9 Å². The molecule has 2 atom stereocenters.